The summed E-state index contributed by atoms with van der Waals surface area (Å²) in [6, 6.07) is 12.3. The SMILES string of the molecule is C[C@@H]1CN(c2cc(Cl)c(C(=O)Nc3ccc(Cl)c(-c4ncc(-c5cccs5)[nH]4)c3)cc2F)C[C@H](C)N1C. The number of nitrogens with one attached hydrogen (secondary N) is 2. The lowest BCUT2D eigenvalue weighted by Crippen LogP contribution is -2.55. The maximum atomic E-state index is 15.2. The van der Waals surface area contributed by atoms with E-state index in [1.165, 1.54) is 6.07 Å². The largest absolute Gasteiger partial charge is 0.366 e. The lowest BCUT2D eigenvalue weighted by Gasteiger charge is -2.43. The number of carbonyl (C=O) groups is 1. The van der Waals surface area contributed by atoms with Gasteiger partial charge in [-0.05, 0) is 62.7 Å². The van der Waals surface area contributed by atoms with E-state index >= 15 is 4.39 Å². The summed E-state index contributed by atoms with van der Waals surface area (Å²) in [5.74, 6) is -0.414. The number of carbonyl (C=O) groups excluding carboxylic acids is 1. The molecule has 6 nitrogen and oxygen atoms in total. The van der Waals surface area contributed by atoms with Gasteiger partial charge in [-0.2, -0.15) is 0 Å². The van der Waals surface area contributed by atoms with Crippen molar-refractivity contribution in [1.29, 1.82) is 0 Å². The van der Waals surface area contributed by atoms with Crippen LogP contribution in [-0.2, 0) is 0 Å². The van der Waals surface area contributed by atoms with Crippen LogP contribution in [0, 0.1) is 5.82 Å². The van der Waals surface area contributed by atoms with Crippen LogP contribution < -0.4 is 10.2 Å². The smallest absolute Gasteiger partial charge is 0.257 e. The Kier molecular flexibility index (Phi) is 7.27. The Morgan fingerprint density at radius 2 is 1.89 bits per heavy atom. The zero-order chi connectivity index (χ0) is 26.3. The first-order valence-electron chi connectivity index (χ1n) is 11.9. The molecule has 0 radical (unpaired) electrons. The van der Waals surface area contributed by atoms with Crippen LogP contribution >= 0.6 is 34.5 Å². The summed E-state index contributed by atoms with van der Waals surface area (Å²) in [7, 11) is 2.07. The van der Waals surface area contributed by atoms with E-state index in [1.807, 2.05) is 22.4 Å². The van der Waals surface area contributed by atoms with Crippen molar-refractivity contribution in [2.75, 3.05) is 30.4 Å². The lowest BCUT2D eigenvalue weighted by atomic mass is 10.1. The van der Waals surface area contributed by atoms with Crippen LogP contribution in [0.5, 0.6) is 0 Å². The summed E-state index contributed by atoms with van der Waals surface area (Å²) in [6.07, 6.45) is 1.74. The van der Waals surface area contributed by atoms with Gasteiger partial charge in [-0.15, -0.1) is 11.3 Å². The Labute approximate surface area is 229 Å². The molecule has 192 valence electrons. The number of thiophene rings is 1. The van der Waals surface area contributed by atoms with Crippen molar-refractivity contribution in [3.05, 3.63) is 75.5 Å². The minimum Gasteiger partial charge on any atom is -0.366 e. The number of hydrogen-bond acceptors (Lipinski definition) is 5. The number of aromatic nitrogens is 2. The molecule has 37 heavy (non-hydrogen) atoms. The number of hydrogen-bond donors (Lipinski definition) is 2. The maximum absolute atomic E-state index is 15.2. The van der Waals surface area contributed by atoms with Crippen LogP contribution in [-0.4, -0.2) is 53.0 Å². The highest BCUT2D eigenvalue weighted by Crippen LogP contribution is 2.33. The Morgan fingerprint density at radius 3 is 2.59 bits per heavy atom. The first-order chi connectivity index (χ1) is 17.7. The third-order valence-corrected chi connectivity index (χ3v) is 8.37. The fourth-order valence-corrected chi connectivity index (χ4v) is 5.69. The van der Waals surface area contributed by atoms with Gasteiger partial charge in [0.2, 0.25) is 0 Å². The molecule has 0 spiro atoms. The predicted molar refractivity (Wildman–Crippen MR) is 151 cm³/mol. The normalized spacial score (nSPS) is 18.3. The molecule has 0 bridgehead atoms. The van der Waals surface area contributed by atoms with E-state index < -0.39 is 11.7 Å². The number of anilines is 2. The Hall–Kier alpha value is -2.91. The molecular formula is C27H26Cl2FN5OS. The topological polar surface area (TPSA) is 64.3 Å². The van der Waals surface area contributed by atoms with Crippen molar-refractivity contribution in [3.63, 3.8) is 0 Å². The molecule has 2 aromatic heterocycles. The van der Waals surface area contributed by atoms with Crippen molar-refractivity contribution in [1.82, 2.24) is 14.9 Å². The monoisotopic (exact) mass is 557 g/mol. The van der Waals surface area contributed by atoms with Gasteiger partial charge in [-0.25, -0.2) is 9.37 Å². The van der Waals surface area contributed by atoms with Gasteiger partial charge < -0.3 is 15.2 Å². The molecule has 4 aromatic rings. The number of amides is 1. The van der Waals surface area contributed by atoms with Gasteiger partial charge in [0.15, 0.2) is 0 Å². The summed E-state index contributed by atoms with van der Waals surface area (Å²) in [6.45, 7) is 5.56. The molecule has 5 rings (SSSR count). The average molecular weight is 559 g/mol. The molecule has 2 aromatic carbocycles. The van der Waals surface area contributed by atoms with Crippen LogP contribution in [0.15, 0.2) is 54.0 Å². The summed E-state index contributed by atoms with van der Waals surface area (Å²) in [4.78, 5) is 26.1. The standard InChI is InChI=1S/C27H26Cl2FN5OS/c1-15-13-35(14-16(2)34(15)3)24-11-21(29)19(10-22(24)30)27(36)32-17-6-7-20(28)18(9-17)26-31-12-23(33-26)25-5-4-8-37-25/h4-12,15-16H,13-14H2,1-3H3,(H,31,33)(H,32,36)/t15-,16+. The van der Waals surface area contributed by atoms with Crippen LogP contribution in [0.3, 0.4) is 0 Å². The molecule has 0 saturated carbocycles. The molecule has 2 atom stereocenters. The van der Waals surface area contributed by atoms with E-state index in [0.717, 1.165) is 10.6 Å². The van der Waals surface area contributed by atoms with Gasteiger partial charge in [0.05, 0.1) is 38.1 Å². The average Bonchev–Trinajstić information content (AvgIpc) is 3.57. The number of nitrogens with zero attached hydrogens (tertiary/aromatic N) is 3. The second-order valence-electron chi connectivity index (χ2n) is 9.32. The summed E-state index contributed by atoms with van der Waals surface area (Å²) in [5, 5.41) is 5.47. The molecule has 1 amide bonds. The van der Waals surface area contributed by atoms with Crippen LogP contribution in [0.2, 0.25) is 10.0 Å². The third-order valence-electron chi connectivity index (χ3n) is 6.82. The van der Waals surface area contributed by atoms with Crippen molar-refractivity contribution >= 4 is 51.8 Å². The quantitative estimate of drug-likeness (QED) is 0.276. The maximum Gasteiger partial charge on any atom is 0.257 e. The van der Waals surface area contributed by atoms with Gasteiger partial charge in [0.25, 0.3) is 5.91 Å². The van der Waals surface area contributed by atoms with Crippen molar-refractivity contribution in [2.45, 2.75) is 25.9 Å². The highest BCUT2D eigenvalue weighted by Gasteiger charge is 2.29. The second-order valence-corrected chi connectivity index (χ2v) is 11.1. The van der Waals surface area contributed by atoms with E-state index in [1.54, 1.807) is 41.8 Å². The third kappa shape index (κ3) is 5.25. The minimum absolute atomic E-state index is 0.0626. The Bertz CT molecular complexity index is 1430. The summed E-state index contributed by atoms with van der Waals surface area (Å²) >= 11 is 14.5. The number of H-pyrrole nitrogens is 1. The fourth-order valence-electron chi connectivity index (χ4n) is 4.55. The van der Waals surface area contributed by atoms with E-state index in [-0.39, 0.29) is 22.7 Å². The molecule has 10 heteroatoms. The highest BCUT2D eigenvalue weighted by atomic mass is 35.5. The van der Waals surface area contributed by atoms with Gasteiger partial charge in [0, 0.05) is 36.4 Å². The van der Waals surface area contributed by atoms with E-state index in [2.05, 4.69) is 41.1 Å². The van der Waals surface area contributed by atoms with E-state index in [4.69, 9.17) is 23.2 Å². The number of piperazine rings is 1. The second kappa shape index (κ2) is 10.5. The molecule has 1 aliphatic rings. The molecule has 0 aliphatic carbocycles. The molecule has 1 aliphatic heterocycles. The summed E-state index contributed by atoms with van der Waals surface area (Å²) < 4.78 is 15.2. The summed E-state index contributed by atoms with van der Waals surface area (Å²) in [5.41, 5.74) is 2.46. The van der Waals surface area contributed by atoms with Gasteiger partial charge in [-0.3, -0.25) is 9.69 Å². The van der Waals surface area contributed by atoms with Crippen LogP contribution in [0.1, 0.15) is 24.2 Å². The number of rotatable bonds is 5. The van der Waals surface area contributed by atoms with E-state index in [0.29, 0.717) is 40.9 Å². The number of benzene rings is 2. The first kappa shape index (κ1) is 25.7. The Balaban J connectivity index is 1.36. The Morgan fingerprint density at radius 1 is 1.14 bits per heavy atom. The molecule has 0 unspecified atom stereocenters. The van der Waals surface area contributed by atoms with Gasteiger partial charge in [0.1, 0.15) is 11.6 Å². The zero-order valence-corrected chi connectivity index (χ0v) is 22.9. The molecule has 1 fully saturated rings. The highest BCUT2D eigenvalue weighted by molar-refractivity contribution is 7.13. The molecule has 2 N–H and O–H groups in total. The van der Waals surface area contributed by atoms with Gasteiger partial charge in [-0.1, -0.05) is 29.3 Å². The fraction of sp³-hybridized carbons (Fsp3) is 0.259. The predicted octanol–water partition coefficient (Wildman–Crippen LogP) is 7.03. The number of halogens is 3. The number of imidazole rings is 1. The van der Waals surface area contributed by atoms with Crippen LogP contribution in [0.4, 0.5) is 15.8 Å². The molecule has 3 heterocycles. The number of aromatic amines is 1. The van der Waals surface area contributed by atoms with Gasteiger partial charge >= 0.3 is 0 Å². The van der Waals surface area contributed by atoms with Crippen molar-refractivity contribution in [3.8, 4) is 22.0 Å². The molecular weight excluding hydrogens is 532 g/mol. The lowest BCUT2D eigenvalue weighted by molar-refractivity contribution is 0.102. The first-order valence-corrected chi connectivity index (χ1v) is 13.5. The van der Waals surface area contributed by atoms with Crippen molar-refractivity contribution in [2.24, 2.45) is 0 Å². The zero-order valence-electron chi connectivity index (χ0n) is 20.6. The van der Waals surface area contributed by atoms with E-state index in [9.17, 15) is 4.79 Å². The number of likely N-dealkylation sites (N-methyl/N-ethyl adjacent to an activating group) is 1. The van der Waals surface area contributed by atoms with Crippen molar-refractivity contribution < 1.29 is 9.18 Å². The minimum atomic E-state index is -0.512. The molecule has 1 saturated heterocycles. The van der Waals surface area contributed by atoms with Crippen LogP contribution in [0.25, 0.3) is 22.0 Å².